The van der Waals surface area contributed by atoms with Gasteiger partial charge in [-0.25, -0.2) is 4.79 Å². The molecule has 1 N–H and O–H groups in total. The Hall–Kier alpha value is -2.96. The van der Waals surface area contributed by atoms with Crippen molar-refractivity contribution >= 4 is 29.4 Å². The van der Waals surface area contributed by atoms with E-state index in [9.17, 15) is 19.2 Å². The second kappa shape index (κ2) is 6.79. The van der Waals surface area contributed by atoms with E-state index < -0.39 is 11.9 Å². The van der Waals surface area contributed by atoms with Crippen LogP contribution in [-0.2, 0) is 19.1 Å². The summed E-state index contributed by atoms with van der Waals surface area (Å²) in [4.78, 5) is 52.1. The normalized spacial score (nSPS) is 32.8. The van der Waals surface area contributed by atoms with Crippen molar-refractivity contribution in [2.45, 2.75) is 26.4 Å². The molecule has 6 rings (SSSR count). The van der Waals surface area contributed by atoms with E-state index in [-0.39, 0.29) is 53.7 Å². The maximum Gasteiger partial charge on any atom is 0.340 e. The third kappa shape index (κ3) is 2.87. The number of allylic oxidation sites excluding steroid dienone is 2. The number of nitrogens with one attached hydrogen (secondary N) is 1. The Morgan fingerprint density at radius 2 is 1.67 bits per heavy atom. The fourth-order valence-electron chi connectivity index (χ4n) is 5.56. The largest absolute Gasteiger partial charge is 0.459 e. The average molecular weight is 408 g/mol. The van der Waals surface area contributed by atoms with Crippen molar-refractivity contribution in [3.05, 3.63) is 42.0 Å². The Balaban J connectivity index is 1.30. The van der Waals surface area contributed by atoms with Crippen LogP contribution in [0.25, 0.3) is 0 Å². The van der Waals surface area contributed by atoms with E-state index in [0.717, 1.165) is 11.3 Å². The maximum atomic E-state index is 13.0. The average Bonchev–Trinajstić information content (AvgIpc) is 3.49. The Morgan fingerprint density at radius 1 is 1.07 bits per heavy atom. The predicted molar refractivity (Wildman–Crippen MR) is 107 cm³/mol. The summed E-state index contributed by atoms with van der Waals surface area (Å²) in [7, 11) is 0. The van der Waals surface area contributed by atoms with E-state index in [0.29, 0.717) is 17.5 Å². The molecule has 1 heterocycles. The molecular formula is C23H24N2O5. The molecule has 2 bridgehead atoms. The minimum absolute atomic E-state index is 0.126. The molecule has 0 aromatic heterocycles. The van der Waals surface area contributed by atoms with Crippen LogP contribution in [-0.4, -0.2) is 41.2 Å². The van der Waals surface area contributed by atoms with Gasteiger partial charge in [-0.1, -0.05) is 24.3 Å². The molecule has 7 heteroatoms. The van der Waals surface area contributed by atoms with Crippen LogP contribution in [0.5, 0.6) is 0 Å². The molecule has 30 heavy (non-hydrogen) atoms. The zero-order chi connectivity index (χ0) is 21.2. The van der Waals surface area contributed by atoms with Gasteiger partial charge in [-0.05, 0) is 56.1 Å². The number of amides is 3. The molecule has 5 aliphatic rings. The molecule has 1 aliphatic heterocycles. The smallest absolute Gasteiger partial charge is 0.340 e. The molecule has 3 amide bonds. The van der Waals surface area contributed by atoms with Crippen LogP contribution >= 0.6 is 0 Å². The molecule has 156 valence electrons. The van der Waals surface area contributed by atoms with Crippen molar-refractivity contribution in [2.75, 3.05) is 11.9 Å². The van der Waals surface area contributed by atoms with Gasteiger partial charge >= 0.3 is 5.97 Å². The Labute approximate surface area is 174 Å². The summed E-state index contributed by atoms with van der Waals surface area (Å²) < 4.78 is 5.22. The molecule has 3 fully saturated rings. The Morgan fingerprint density at radius 3 is 2.27 bits per heavy atom. The van der Waals surface area contributed by atoms with Crippen molar-refractivity contribution < 1.29 is 23.9 Å². The number of rotatable bonds is 5. The van der Waals surface area contributed by atoms with Gasteiger partial charge in [0.1, 0.15) is 6.54 Å². The Kier molecular flexibility index (Phi) is 4.31. The van der Waals surface area contributed by atoms with Crippen LogP contribution in [0.4, 0.5) is 5.69 Å². The number of ether oxygens (including phenoxy) is 1. The van der Waals surface area contributed by atoms with Crippen LogP contribution in [0.2, 0.25) is 0 Å². The van der Waals surface area contributed by atoms with Gasteiger partial charge in [-0.2, -0.15) is 0 Å². The van der Waals surface area contributed by atoms with Crippen LogP contribution in [0.3, 0.4) is 0 Å². The lowest BCUT2D eigenvalue weighted by Gasteiger charge is -2.37. The quantitative estimate of drug-likeness (QED) is 0.458. The zero-order valence-corrected chi connectivity index (χ0v) is 16.9. The topological polar surface area (TPSA) is 92.8 Å². The molecule has 6 atom stereocenters. The first kappa shape index (κ1) is 19.0. The number of imide groups is 1. The van der Waals surface area contributed by atoms with E-state index in [2.05, 4.69) is 17.5 Å². The summed E-state index contributed by atoms with van der Waals surface area (Å²) in [6, 6.07) is 6.54. The summed E-state index contributed by atoms with van der Waals surface area (Å²) in [6.45, 7) is 3.15. The molecule has 1 aromatic rings. The predicted octanol–water partition coefficient (Wildman–Crippen LogP) is 2.24. The molecule has 0 unspecified atom stereocenters. The number of hydrogen-bond donors (Lipinski definition) is 1. The highest BCUT2D eigenvalue weighted by Gasteiger charge is 2.67. The highest BCUT2D eigenvalue weighted by atomic mass is 16.5. The van der Waals surface area contributed by atoms with Gasteiger partial charge in [0, 0.05) is 0 Å². The van der Waals surface area contributed by atoms with Gasteiger partial charge in [0.25, 0.3) is 0 Å². The number of benzene rings is 1. The first-order valence-corrected chi connectivity index (χ1v) is 10.5. The second-order valence-electron chi connectivity index (χ2n) is 8.97. The molecule has 7 nitrogen and oxygen atoms in total. The highest BCUT2D eigenvalue weighted by Crippen LogP contribution is 2.65. The number of carbonyl (C=O) groups is 4. The molecule has 0 radical (unpaired) electrons. The van der Waals surface area contributed by atoms with Crippen molar-refractivity contribution in [2.24, 2.45) is 35.5 Å². The molecule has 1 saturated heterocycles. The third-order valence-corrected chi connectivity index (χ3v) is 6.82. The minimum atomic E-state index is -0.540. The summed E-state index contributed by atoms with van der Waals surface area (Å²) in [6.07, 6.45) is 5.01. The first-order valence-electron chi connectivity index (χ1n) is 10.5. The highest BCUT2D eigenvalue weighted by molar-refractivity contribution is 6.10. The SMILES string of the molecule is CC(C)OC(=O)c1ccccc1NC(=O)CN1C(=O)[C@@H]2[C@H]3C=C[C@@H]([C@@H]4C[C@H]34)[C@@H]2C1=O. The molecule has 2 saturated carbocycles. The summed E-state index contributed by atoms with van der Waals surface area (Å²) >= 11 is 0. The van der Waals surface area contributed by atoms with Crippen LogP contribution < -0.4 is 5.32 Å². The standard InChI is InChI=1S/C23H24N2O5/c1-11(2)30-23(29)14-5-3-4-6-17(14)24-18(26)10-25-21(27)19-12-7-8-13(16-9-15(12)16)20(19)22(25)28/h3-8,11-13,15-16,19-20H,9-10H2,1-2H3,(H,24,26)/t12-,13-,15-,16+,19-,20+/m0/s1. The van der Waals surface area contributed by atoms with E-state index in [1.54, 1.807) is 38.1 Å². The molecule has 4 aliphatic carbocycles. The maximum absolute atomic E-state index is 13.0. The lowest BCUT2D eigenvalue weighted by atomic mass is 9.63. The van der Waals surface area contributed by atoms with E-state index in [4.69, 9.17) is 4.74 Å². The second-order valence-corrected chi connectivity index (χ2v) is 8.97. The third-order valence-electron chi connectivity index (χ3n) is 6.82. The number of nitrogens with zero attached hydrogens (tertiary/aromatic N) is 1. The summed E-state index contributed by atoms with van der Waals surface area (Å²) in [5.41, 5.74) is 0.530. The number of carbonyl (C=O) groups excluding carboxylic acids is 4. The minimum Gasteiger partial charge on any atom is -0.459 e. The fraction of sp³-hybridized carbons (Fsp3) is 0.478. The van der Waals surface area contributed by atoms with E-state index in [1.807, 2.05) is 0 Å². The molecular weight excluding hydrogens is 384 g/mol. The van der Waals surface area contributed by atoms with Crippen LogP contribution in [0.15, 0.2) is 36.4 Å². The van der Waals surface area contributed by atoms with E-state index >= 15 is 0 Å². The van der Waals surface area contributed by atoms with E-state index in [1.165, 1.54) is 0 Å². The van der Waals surface area contributed by atoms with Crippen molar-refractivity contribution in [1.29, 1.82) is 0 Å². The van der Waals surface area contributed by atoms with Gasteiger partial charge in [0.05, 0.1) is 29.2 Å². The number of esters is 1. The summed E-state index contributed by atoms with van der Waals surface area (Å²) in [5, 5.41) is 2.67. The van der Waals surface area contributed by atoms with Gasteiger partial charge in [-0.15, -0.1) is 0 Å². The number of hydrogen-bond acceptors (Lipinski definition) is 5. The lowest BCUT2D eigenvalue weighted by molar-refractivity contribution is -0.142. The Bertz CT molecular complexity index is 948. The summed E-state index contributed by atoms with van der Waals surface area (Å²) in [5.74, 6) is -0.879. The molecule has 1 aromatic carbocycles. The van der Waals surface area contributed by atoms with Crippen molar-refractivity contribution in [3.8, 4) is 0 Å². The first-order chi connectivity index (χ1) is 14.4. The van der Waals surface area contributed by atoms with Gasteiger partial charge in [0.2, 0.25) is 17.7 Å². The number of para-hydroxylation sites is 1. The van der Waals surface area contributed by atoms with Gasteiger partial charge in [0.15, 0.2) is 0 Å². The monoisotopic (exact) mass is 408 g/mol. The molecule has 0 spiro atoms. The van der Waals surface area contributed by atoms with Crippen molar-refractivity contribution in [1.82, 2.24) is 4.90 Å². The van der Waals surface area contributed by atoms with Gasteiger partial charge < -0.3 is 10.1 Å². The number of likely N-dealkylation sites (tertiary alicyclic amines) is 1. The van der Waals surface area contributed by atoms with Gasteiger partial charge in [-0.3, -0.25) is 19.3 Å². The number of anilines is 1. The van der Waals surface area contributed by atoms with Crippen molar-refractivity contribution in [3.63, 3.8) is 0 Å². The van der Waals surface area contributed by atoms with Crippen LogP contribution in [0, 0.1) is 35.5 Å². The fourth-order valence-corrected chi connectivity index (χ4v) is 5.56. The lowest BCUT2D eigenvalue weighted by Crippen LogP contribution is -2.40. The zero-order valence-electron chi connectivity index (χ0n) is 16.9. The van der Waals surface area contributed by atoms with Crippen LogP contribution in [0.1, 0.15) is 30.6 Å².